The number of nitrogens with one attached hydrogen (secondary N) is 1. The number of amides is 1. The molecule has 0 aliphatic heterocycles. The second-order valence-corrected chi connectivity index (χ2v) is 6.63. The molecular weight excluding hydrogens is 384 g/mol. The molecule has 1 amide bonds. The van der Waals surface area contributed by atoms with Crippen LogP contribution in [0.5, 0.6) is 0 Å². The molecule has 3 rings (SSSR count). The van der Waals surface area contributed by atoms with Gasteiger partial charge in [-0.1, -0.05) is 0 Å². The van der Waals surface area contributed by atoms with Crippen molar-refractivity contribution in [2.24, 2.45) is 0 Å². The van der Waals surface area contributed by atoms with Gasteiger partial charge in [0.2, 0.25) is 0 Å². The molecule has 0 spiro atoms. The molecule has 3 aromatic heterocycles. The summed E-state index contributed by atoms with van der Waals surface area (Å²) in [6, 6.07) is 5.40. The van der Waals surface area contributed by atoms with Gasteiger partial charge in [0.15, 0.2) is 10.9 Å². The van der Waals surface area contributed by atoms with Crippen molar-refractivity contribution in [3.63, 3.8) is 0 Å². The van der Waals surface area contributed by atoms with Gasteiger partial charge in [0.25, 0.3) is 11.5 Å². The van der Waals surface area contributed by atoms with E-state index in [9.17, 15) is 14.4 Å². The van der Waals surface area contributed by atoms with Crippen LogP contribution in [0.1, 0.15) is 25.6 Å². The van der Waals surface area contributed by atoms with Gasteiger partial charge >= 0.3 is 5.97 Å². The zero-order valence-electron chi connectivity index (χ0n) is 15.2. The van der Waals surface area contributed by atoms with Crippen LogP contribution in [0.4, 0.5) is 5.13 Å². The van der Waals surface area contributed by atoms with Crippen molar-refractivity contribution in [3.05, 3.63) is 52.0 Å². The van der Waals surface area contributed by atoms with E-state index < -0.39 is 17.5 Å². The fraction of sp³-hybridized carbons (Fsp3) is 0.278. The maximum absolute atomic E-state index is 12.5. The number of ether oxygens (including phenoxy) is 1. The summed E-state index contributed by atoms with van der Waals surface area (Å²) in [4.78, 5) is 40.4. The molecule has 0 fully saturated rings. The van der Waals surface area contributed by atoms with Gasteiger partial charge in [-0.2, -0.15) is 5.10 Å². The number of carbonyl (C=O) groups excluding carboxylic acids is 2. The molecule has 0 aliphatic rings. The molecule has 0 radical (unpaired) electrons. The Morgan fingerprint density at radius 3 is 2.89 bits per heavy atom. The van der Waals surface area contributed by atoms with E-state index in [-0.39, 0.29) is 12.4 Å². The second-order valence-electron chi connectivity index (χ2n) is 5.77. The van der Waals surface area contributed by atoms with Gasteiger partial charge in [0, 0.05) is 11.4 Å². The smallest absolute Gasteiger partial charge is 0.311 e. The Hall–Kier alpha value is -3.27. The van der Waals surface area contributed by atoms with Crippen LogP contribution in [0.25, 0.3) is 11.5 Å². The van der Waals surface area contributed by atoms with E-state index >= 15 is 0 Å². The van der Waals surface area contributed by atoms with Crippen LogP contribution < -0.4 is 10.9 Å². The molecule has 0 saturated heterocycles. The molecule has 3 aromatic rings. The molecule has 9 nitrogen and oxygen atoms in total. The number of carbonyl (C=O) groups is 2. The van der Waals surface area contributed by atoms with Gasteiger partial charge in [0.1, 0.15) is 11.7 Å². The molecule has 10 heteroatoms. The van der Waals surface area contributed by atoms with Gasteiger partial charge in [0.05, 0.1) is 25.0 Å². The number of nitrogens with zero attached hydrogens (tertiary/aromatic N) is 3. The maximum atomic E-state index is 12.5. The van der Waals surface area contributed by atoms with Crippen molar-refractivity contribution in [1.29, 1.82) is 0 Å². The Balaban J connectivity index is 1.71. The molecule has 0 aromatic carbocycles. The average molecular weight is 402 g/mol. The number of hydrogen-bond acceptors (Lipinski definition) is 8. The predicted octanol–water partition coefficient (Wildman–Crippen LogP) is 2.27. The maximum Gasteiger partial charge on any atom is 0.311 e. The van der Waals surface area contributed by atoms with Gasteiger partial charge < -0.3 is 14.5 Å². The number of rotatable bonds is 7. The van der Waals surface area contributed by atoms with Gasteiger partial charge in [-0.25, -0.2) is 9.67 Å². The Bertz CT molecular complexity index is 1020. The quantitative estimate of drug-likeness (QED) is 0.603. The lowest BCUT2D eigenvalue weighted by molar-refractivity contribution is -0.142. The van der Waals surface area contributed by atoms with Crippen LogP contribution in [0.3, 0.4) is 0 Å². The molecule has 1 N–H and O–H groups in total. The Labute approximate surface area is 164 Å². The Kier molecular flexibility index (Phi) is 5.99. The first-order chi connectivity index (χ1) is 13.5. The third kappa shape index (κ3) is 4.52. The van der Waals surface area contributed by atoms with Crippen molar-refractivity contribution in [3.8, 4) is 11.5 Å². The zero-order chi connectivity index (χ0) is 20.1. The van der Waals surface area contributed by atoms with Crippen molar-refractivity contribution >= 4 is 28.3 Å². The molecule has 0 aliphatic carbocycles. The topological polar surface area (TPSA) is 116 Å². The Morgan fingerprint density at radius 2 is 2.18 bits per heavy atom. The molecule has 1 unspecified atom stereocenters. The van der Waals surface area contributed by atoms with E-state index in [4.69, 9.17) is 9.15 Å². The SMILES string of the molecule is CCOC(=O)Cc1csc(NC(=O)C(C)n2nc(-c3ccco3)ccc2=O)n1. The number of anilines is 1. The van der Waals surface area contributed by atoms with E-state index in [0.717, 1.165) is 4.68 Å². The lowest BCUT2D eigenvalue weighted by atomic mass is 10.3. The average Bonchev–Trinajstić information content (AvgIpc) is 3.34. The largest absolute Gasteiger partial charge is 0.466 e. The lowest BCUT2D eigenvalue weighted by Crippen LogP contribution is -2.33. The Morgan fingerprint density at radius 1 is 1.36 bits per heavy atom. The summed E-state index contributed by atoms with van der Waals surface area (Å²) >= 11 is 1.18. The molecule has 146 valence electrons. The summed E-state index contributed by atoms with van der Waals surface area (Å²) < 4.78 is 11.2. The first kappa shape index (κ1) is 19.5. The van der Waals surface area contributed by atoms with Crippen LogP contribution in [0.15, 0.2) is 45.1 Å². The van der Waals surface area contributed by atoms with Gasteiger partial charge in [-0.15, -0.1) is 11.3 Å². The summed E-state index contributed by atoms with van der Waals surface area (Å²) in [6.45, 7) is 3.58. The van der Waals surface area contributed by atoms with Crippen molar-refractivity contribution in [2.75, 3.05) is 11.9 Å². The number of thiazole rings is 1. The van der Waals surface area contributed by atoms with Gasteiger partial charge in [-0.05, 0) is 32.0 Å². The number of esters is 1. The second kappa shape index (κ2) is 8.61. The van der Waals surface area contributed by atoms with Crippen LogP contribution in [0, 0.1) is 0 Å². The molecule has 3 heterocycles. The minimum Gasteiger partial charge on any atom is -0.466 e. The van der Waals surface area contributed by atoms with Crippen LogP contribution >= 0.6 is 11.3 Å². The highest BCUT2D eigenvalue weighted by atomic mass is 32.1. The fourth-order valence-electron chi connectivity index (χ4n) is 2.38. The minimum absolute atomic E-state index is 0.0297. The van der Waals surface area contributed by atoms with E-state index in [0.29, 0.717) is 28.9 Å². The summed E-state index contributed by atoms with van der Waals surface area (Å²) in [6.07, 6.45) is 1.53. The summed E-state index contributed by atoms with van der Waals surface area (Å²) in [7, 11) is 0. The highest BCUT2D eigenvalue weighted by molar-refractivity contribution is 7.13. The van der Waals surface area contributed by atoms with Crippen molar-refractivity contribution in [2.45, 2.75) is 26.3 Å². The van der Waals surface area contributed by atoms with E-state index in [1.54, 1.807) is 31.4 Å². The summed E-state index contributed by atoms with van der Waals surface area (Å²) in [5.74, 6) is -0.349. The first-order valence-corrected chi connectivity index (χ1v) is 9.40. The van der Waals surface area contributed by atoms with E-state index in [2.05, 4.69) is 15.4 Å². The monoisotopic (exact) mass is 402 g/mol. The van der Waals surface area contributed by atoms with Crippen molar-refractivity contribution < 1.29 is 18.7 Å². The molecule has 28 heavy (non-hydrogen) atoms. The summed E-state index contributed by atoms with van der Waals surface area (Å²) in [5, 5.41) is 8.85. The van der Waals surface area contributed by atoms with E-state index in [1.807, 2.05) is 0 Å². The number of hydrogen-bond donors (Lipinski definition) is 1. The number of aromatic nitrogens is 3. The minimum atomic E-state index is -0.875. The molecule has 1 atom stereocenters. The van der Waals surface area contributed by atoms with Gasteiger partial charge in [-0.3, -0.25) is 14.4 Å². The summed E-state index contributed by atoms with van der Waals surface area (Å²) in [5.41, 5.74) is 0.525. The molecule has 0 saturated carbocycles. The van der Waals surface area contributed by atoms with E-state index in [1.165, 1.54) is 29.7 Å². The fourth-order valence-corrected chi connectivity index (χ4v) is 3.10. The number of furan rings is 1. The third-order valence-electron chi connectivity index (χ3n) is 3.76. The first-order valence-electron chi connectivity index (χ1n) is 8.52. The highest BCUT2D eigenvalue weighted by Gasteiger charge is 2.20. The normalized spacial score (nSPS) is 11.8. The zero-order valence-corrected chi connectivity index (χ0v) is 16.1. The third-order valence-corrected chi connectivity index (χ3v) is 4.56. The molecule has 0 bridgehead atoms. The van der Waals surface area contributed by atoms with Crippen LogP contribution in [0.2, 0.25) is 0 Å². The highest BCUT2D eigenvalue weighted by Crippen LogP contribution is 2.19. The van der Waals surface area contributed by atoms with Crippen molar-refractivity contribution in [1.82, 2.24) is 14.8 Å². The van der Waals surface area contributed by atoms with Crippen LogP contribution in [-0.4, -0.2) is 33.2 Å². The lowest BCUT2D eigenvalue weighted by Gasteiger charge is -2.13. The molecular formula is C18H18N4O5S. The standard InChI is InChI=1S/C18H18N4O5S/c1-3-26-16(24)9-12-10-28-18(19-12)20-17(25)11(2)22-15(23)7-6-13(21-22)14-5-4-8-27-14/h4-8,10-11H,3,9H2,1-2H3,(H,19,20,25). The predicted molar refractivity (Wildman–Crippen MR) is 102 cm³/mol. The van der Waals surface area contributed by atoms with Crippen LogP contribution in [-0.2, 0) is 20.7 Å².